The molecule has 21 heavy (non-hydrogen) atoms. The molecule has 0 aromatic rings. The Hall–Kier alpha value is -1.10. The van der Waals surface area contributed by atoms with Crippen molar-refractivity contribution in [3.05, 3.63) is 0 Å². The van der Waals surface area contributed by atoms with Crippen LogP contribution in [0, 0.1) is 11.3 Å². The second-order valence-electron chi connectivity index (χ2n) is 6.03. The van der Waals surface area contributed by atoms with Crippen LogP contribution in [0.1, 0.15) is 60.8 Å². The Labute approximate surface area is 128 Å². The molecule has 0 aliphatic heterocycles. The Kier molecular flexibility index (Phi) is 9.26. The van der Waals surface area contributed by atoms with Crippen molar-refractivity contribution in [1.29, 1.82) is 0 Å². The molecule has 0 saturated carbocycles. The average Bonchev–Trinajstić information content (AvgIpc) is 2.48. The molecular formula is C16H31NO4. The molecule has 124 valence electrons. The van der Waals surface area contributed by atoms with E-state index in [4.69, 9.17) is 9.47 Å². The first-order chi connectivity index (χ1) is 9.78. The number of ether oxygens (including phenoxy) is 2. The predicted octanol–water partition coefficient (Wildman–Crippen LogP) is 2.88. The summed E-state index contributed by atoms with van der Waals surface area (Å²) in [5.74, 6) is -0.246. The summed E-state index contributed by atoms with van der Waals surface area (Å²) in [5, 5.41) is 2.73. The van der Waals surface area contributed by atoms with Gasteiger partial charge >= 0.3 is 5.97 Å². The van der Waals surface area contributed by atoms with Gasteiger partial charge in [0.15, 0.2) is 0 Å². The van der Waals surface area contributed by atoms with Crippen LogP contribution in [0.4, 0.5) is 0 Å². The molecule has 0 heterocycles. The SMILES string of the molecule is CCC(COC(=O)C(C)(C)CC)OCNC(=O)C(C)CC. The monoisotopic (exact) mass is 301 g/mol. The van der Waals surface area contributed by atoms with Crippen molar-refractivity contribution in [3.8, 4) is 0 Å². The zero-order valence-electron chi connectivity index (χ0n) is 14.3. The number of carbonyl (C=O) groups excluding carboxylic acids is 2. The second-order valence-corrected chi connectivity index (χ2v) is 6.03. The molecule has 0 aromatic heterocycles. The molecule has 0 aromatic carbocycles. The summed E-state index contributed by atoms with van der Waals surface area (Å²) < 4.78 is 10.8. The van der Waals surface area contributed by atoms with Gasteiger partial charge in [-0.2, -0.15) is 0 Å². The van der Waals surface area contributed by atoms with Crippen LogP contribution in [-0.2, 0) is 19.1 Å². The highest BCUT2D eigenvalue weighted by atomic mass is 16.6. The maximum absolute atomic E-state index is 11.9. The molecule has 5 heteroatoms. The van der Waals surface area contributed by atoms with Crippen LogP contribution in [0.3, 0.4) is 0 Å². The van der Waals surface area contributed by atoms with Crippen molar-refractivity contribution in [2.24, 2.45) is 11.3 Å². The highest BCUT2D eigenvalue weighted by Gasteiger charge is 2.27. The molecule has 0 radical (unpaired) electrons. The summed E-state index contributed by atoms with van der Waals surface area (Å²) >= 11 is 0. The number of hydrogen-bond donors (Lipinski definition) is 1. The van der Waals surface area contributed by atoms with E-state index in [1.165, 1.54) is 0 Å². The molecule has 0 bridgehead atoms. The Morgan fingerprint density at radius 3 is 2.24 bits per heavy atom. The predicted molar refractivity (Wildman–Crippen MR) is 82.7 cm³/mol. The maximum Gasteiger partial charge on any atom is 0.311 e. The van der Waals surface area contributed by atoms with Gasteiger partial charge in [-0.25, -0.2) is 0 Å². The van der Waals surface area contributed by atoms with Crippen LogP contribution < -0.4 is 5.32 Å². The first-order valence-electron chi connectivity index (χ1n) is 7.84. The lowest BCUT2D eigenvalue weighted by Gasteiger charge is -2.23. The van der Waals surface area contributed by atoms with Crippen molar-refractivity contribution < 1.29 is 19.1 Å². The van der Waals surface area contributed by atoms with Crippen molar-refractivity contribution >= 4 is 11.9 Å². The molecule has 0 spiro atoms. The topological polar surface area (TPSA) is 64.6 Å². The summed E-state index contributed by atoms with van der Waals surface area (Å²) in [5.41, 5.74) is -0.469. The van der Waals surface area contributed by atoms with Crippen LogP contribution in [0.25, 0.3) is 0 Å². The average molecular weight is 301 g/mol. The van der Waals surface area contributed by atoms with Gasteiger partial charge in [0.2, 0.25) is 5.91 Å². The van der Waals surface area contributed by atoms with Gasteiger partial charge in [-0.1, -0.05) is 27.7 Å². The van der Waals surface area contributed by atoms with Gasteiger partial charge in [0.1, 0.15) is 13.3 Å². The Bertz CT molecular complexity index is 328. The van der Waals surface area contributed by atoms with Gasteiger partial charge < -0.3 is 14.8 Å². The van der Waals surface area contributed by atoms with Crippen LogP contribution in [0.15, 0.2) is 0 Å². The second kappa shape index (κ2) is 9.77. The van der Waals surface area contributed by atoms with E-state index in [2.05, 4.69) is 5.32 Å². The van der Waals surface area contributed by atoms with E-state index >= 15 is 0 Å². The van der Waals surface area contributed by atoms with Crippen molar-refractivity contribution in [2.75, 3.05) is 13.3 Å². The molecule has 1 N–H and O–H groups in total. The van der Waals surface area contributed by atoms with Crippen LogP contribution in [0.5, 0.6) is 0 Å². The van der Waals surface area contributed by atoms with Gasteiger partial charge in [-0.3, -0.25) is 9.59 Å². The third kappa shape index (κ3) is 7.46. The molecule has 0 aliphatic rings. The van der Waals surface area contributed by atoms with Crippen molar-refractivity contribution in [1.82, 2.24) is 5.32 Å². The summed E-state index contributed by atoms with van der Waals surface area (Å²) in [4.78, 5) is 23.5. The highest BCUT2D eigenvalue weighted by molar-refractivity contribution is 5.78. The maximum atomic E-state index is 11.9. The van der Waals surface area contributed by atoms with E-state index in [0.717, 1.165) is 19.3 Å². The lowest BCUT2D eigenvalue weighted by atomic mass is 9.91. The number of nitrogens with one attached hydrogen (secondary N) is 1. The number of rotatable bonds is 10. The molecular weight excluding hydrogens is 270 g/mol. The molecule has 5 nitrogen and oxygen atoms in total. The van der Waals surface area contributed by atoms with Gasteiger partial charge in [-0.15, -0.1) is 0 Å². The summed E-state index contributed by atoms with van der Waals surface area (Å²) in [6.45, 7) is 11.9. The number of hydrogen-bond acceptors (Lipinski definition) is 4. The Balaban J connectivity index is 4.07. The lowest BCUT2D eigenvalue weighted by Crippen LogP contribution is -2.35. The normalized spacial score (nSPS) is 14.4. The van der Waals surface area contributed by atoms with Crippen molar-refractivity contribution in [3.63, 3.8) is 0 Å². The number of carbonyl (C=O) groups is 2. The summed E-state index contributed by atoms with van der Waals surface area (Å²) in [7, 11) is 0. The zero-order chi connectivity index (χ0) is 16.5. The van der Waals surface area contributed by atoms with E-state index in [1.54, 1.807) is 0 Å². The lowest BCUT2D eigenvalue weighted by molar-refractivity contribution is -0.159. The molecule has 0 saturated heterocycles. The van der Waals surface area contributed by atoms with E-state index in [0.29, 0.717) is 0 Å². The zero-order valence-corrected chi connectivity index (χ0v) is 14.3. The third-order valence-electron chi connectivity index (χ3n) is 3.92. The standard InChI is InChI=1S/C16H31NO4/c1-7-12(4)14(18)17-11-21-13(8-2)10-20-15(19)16(5,6)9-3/h12-13H,7-11H2,1-6H3,(H,17,18). The highest BCUT2D eigenvalue weighted by Crippen LogP contribution is 2.21. The minimum atomic E-state index is -0.469. The summed E-state index contributed by atoms with van der Waals surface area (Å²) in [6.07, 6.45) is 2.05. The smallest absolute Gasteiger partial charge is 0.311 e. The van der Waals surface area contributed by atoms with E-state index < -0.39 is 5.41 Å². The molecule has 1 amide bonds. The summed E-state index contributed by atoms with van der Waals surface area (Å²) in [6, 6.07) is 0. The van der Waals surface area contributed by atoms with Crippen LogP contribution >= 0.6 is 0 Å². The van der Waals surface area contributed by atoms with Gasteiger partial charge in [0.05, 0.1) is 11.5 Å². The number of esters is 1. The van der Waals surface area contributed by atoms with E-state index in [9.17, 15) is 9.59 Å². The molecule has 0 aliphatic carbocycles. The fourth-order valence-corrected chi connectivity index (χ4v) is 1.38. The molecule has 2 unspecified atom stereocenters. The minimum Gasteiger partial charge on any atom is -0.463 e. The van der Waals surface area contributed by atoms with Gasteiger partial charge in [-0.05, 0) is 33.1 Å². The minimum absolute atomic E-state index is 0.0168. The van der Waals surface area contributed by atoms with Crippen LogP contribution in [-0.4, -0.2) is 31.3 Å². The van der Waals surface area contributed by atoms with E-state index in [-0.39, 0.29) is 37.2 Å². The fourth-order valence-electron chi connectivity index (χ4n) is 1.38. The van der Waals surface area contributed by atoms with Crippen molar-refractivity contribution in [2.45, 2.75) is 66.9 Å². The Morgan fingerprint density at radius 1 is 1.14 bits per heavy atom. The van der Waals surface area contributed by atoms with Gasteiger partial charge in [0, 0.05) is 5.92 Å². The fraction of sp³-hybridized carbons (Fsp3) is 0.875. The number of amides is 1. The quantitative estimate of drug-likeness (QED) is 0.498. The molecule has 0 rings (SSSR count). The first kappa shape index (κ1) is 19.9. The molecule has 2 atom stereocenters. The van der Waals surface area contributed by atoms with Crippen LogP contribution in [0.2, 0.25) is 0 Å². The largest absolute Gasteiger partial charge is 0.463 e. The Morgan fingerprint density at radius 2 is 1.76 bits per heavy atom. The third-order valence-corrected chi connectivity index (χ3v) is 3.92. The first-order valence-corrected chi connectivity index (χ1v) is 7.84. The molecule has 0 fully saturated rings. The van der Waals surface area contributed by atoms with E-state index in [1.807, 2.05) is 41.5 Å². The van der Waals surface area contributed by atoms with Gasteiger partial charge in [0.25, 0.3) is 0 Å².